The monoisotopic (exact) mass is 277 g/mol. The second-order valence-electron chi connectivity index (χ2n) is 6.30. The molecule has 0 aliphatic rings. The molecule has 0 bridgehead atoms. The van der Waals surface area contributed by atoms with Crippen molar-refractivity contribution in [2.75, 3.05) is 0 Å². The fraction of sp³-hybridized carbons (Fsp3) is 0.500. The molecule has 0 aliphatic heterocycles. The van der Waals surface area contributed by atoms with Gasteiger partial charge in [0.15, 0.2) is 0 Å². The molecule has 0 spiro atoms. The van der Waals surface area contributed by atoms with Gasteiger partial charge in [0.2, 0.25) is 5.91 Å². The summed E-state index contributed by atoms with van der Waals surface area (Å²) in [4.78, 5) is 23.2. The van der Waals surface area contributed by atoms with Crippen LogP contribution in [0.25, 0.3) is 0 Å². The van der Waals surface area contributed by atoms with Crippen molar-refractivity contribution in [1.29, 1.82) is 0 Å². The van der Waals surface area contributed by atoms with Gasteiger partial charge in [-0.3, -0.25) is 4.79 Å². The summed E-state index contributed by atoms with van der Waals surface area (Å²) in [5.74, 6) is -1.28. The van der Waals surface area contributed by atoms with E-state index in [1.165, 1.54) is 5.56 Å². The van der Waals surface area contributed by atoms with Crippen molar-refractivity contribution in [1.82, 2.24) is 5.32 Å². The van der Waals surface area contributed by atoms with Crippen molar-refractivity contribution in [3.8, 4) is 0 Å². The molecule has 1 aromatic rings. The van der Waals surface area contributed by atoms with Gasteiger partial charge >= 0.3 is 5.97 Å². The van der Waals surface area contributed by atoms with Crippen LogP contribution in [-0.4, -0.2) is 23.0 Å². The Morgan fingerprint density at radius 1 is 1.20 bits per heavy atom. The summed E-state index contributed by atoms with van der Waals surface area (Å²) in [7, 11) is 0. The van der Waals surface area contributed by atoms with E-state index in [9.17, 15) is 14.7 Å². The summed E-state index contributed by atoms with van der Waals surface area (Å²) in [5.41, 5.74) is 2.67. The first-order valence-electron chi connectivity index (χ1n) is 6.69. The first-order chi connectivity index (χ1) is 9.11. The van der Waals surface area contributed by atoms with E-state index in [0.29, 0.717) is 0 Å². The summed E-state index contributed by atoms with van der Waals surface area (Å²) >= 11 is 0. The molecule has 0 aromatic heterocycles. The number of rotatable bonds is 4. The summed E-state index contributed by atoms with van der Waals surface area (Å²) in [6.45, 7) is 9.39. The molecule has 0 aliphatic carbocycles. The van der Waals surface area contributed by atoms with Crippen LogP contribution in [0.15, 0.2) is 18.2 Å². The number of aryl methyl sites for hydroxylation is 2. The van der Waals surface area contributed by atoms with Crippen molar-refractivity contribution < 1.29 is 14.7 Å². The third-order valence-corrected chi connectivity index (χ3v) is 3.35. The lowest BCUT2D eigenvalue weighted by Gasteiger charge is -2.27. The standard InChI is InChI=1S/C16H23NO3/c1-10-6-7-12(8-11(10)2)9-13(18)17-14(15(19)20)16(3,4)5/h6-8,14H,9H2,1-5H3,(H,17,18)(H,19,20)/t14-/m0/s1. The fourth-order valence-electron chi connectivity index (χ4n) is 1.96. The largest absolute Gasteiger partial charge is 0.480 e. The molecule has 0 saturated carbocycles. The minimum absolute atomic E-state index is 0.195. The molecule has 1 aromatic carbocycles. The zero-order valence-corrected chi connectivity index (χ0v) is 12.8. The van der Waals surface area contributed by atoms with Crippen LogP contribution in [0.2, 0.25) is 0 Å². The number of aliphatic carboxylic acids is 1. The summed E-state index contributed by atoms with van der Waals surface area (Å²) in [5, 5.41) is 11.8. The maximum atomic E-state index is 12.0. The quantitative estimate of drug-likeness (QED) is 0.888. The van der Waals surface area contributed by atoms with Gasteiger partial charge in [0.05, 0.1) is 6.42 Å². The highest BCUT2D eigenvalue weighted by Crippen LogP contribution is 2.19. The van der Waals surface area contributed by atoms with Gasteiger partial charge in [0.25, 0.3) is 0 Å². The lowest BCUT2D eigenvalue weighted by atomic mass is 9.86. The molecule has 0 saturated heterocycles. The van der Waals surface area contributed by atoms with Gasteiger partial charge in [0.1, 0.15) is 6.04 Å². The van der Waals surface area contributed by atoms with E-state index in [4.69, 9.17) is 0 Å². The zero-order chi connectivity index (χ0) is 15.5. The normalized spacial score (nSPS) is 12.8. The second kappa shape index (κ2) is 6.07. The Bertz CT molecular complexity index is 515. The number of carbonyl (C=O) groups excluding carboxylic acids is 1. The Morgan fingerprint density at radius 3 is 2.25 bits per heavy atom. The van der Waals surface area contributed by atoms with E-state index in [1.54, 1.807) is 20.8 Å². The third kappa shape index (κ3) is 4.37. The Morgan fingerprint density at radius 2 is 1.80 bits per heavy atom. The van der Waals surface area contributed by atoms with Crippen molar-refractivity contribution in [2.24, 2.45) is 5.41 Å². The Balaban J connectivity index is 2.76. The van der Waals surface area contributed by atoms with E-state index in [0.717, 1.165) is 11.1 Å². The van der Waals surface area contributed by atoms with E-state index in [-0.39, 0.29) is 12.3 Å². The summed E-state index contributed by atoms with van der Waals surface area (Å²) < 4.78 is 0. The van der Waals surface area contributed by atoms with E-state index in [2.05, 4.69) is 5.32 Å². The topological polar surface area (TPSA) is 66.4 Å². The van der Waals surface area contributed by atoms with Gasteiger partial charge in [-0.05, 0) is 36.0 Å². The molecule has 110 valence electrons. The van der Waals surface area contributed by atoms with Crippen LogP contribution in [0.5, 0.6) is 0 Å². The van der Waals surface area contributed by atoms with Gasteiger partial charge in [-0.15, -0.1) is 0 Å². The average molecular weight is 277 g/mol. The number of amides is 1. The molecule has 0 unspecified atom stereocenters. The van der Waals surface area contributed by atoms with Gasteiger partial charge < -0.3 is 10.4 Å². The first-order valence-corrected chi connectivity index (χ1v) is 6.69. The maximum absolute atomic E-state index is 12.0. The van der Waals surface area contributed by atoms with E-state index >= 15 is 0 Å². The van der Waals surface area contributed by atoms with Crippen LogP contribution >= 0.6 is 0 Å². The first kappa shape index (κ1) is 16.2. The zero-order valence-electron chi connectivity index (χ0n) is 12.8. The minimum Gasteiger partial charge on any atom is -0.480 e. The summed E-state index contributed by atoms with van der Waals surface area (Å²) in [6.07, 6.45) is 0.195. The molecule has 1 amide bonds. The maximum Gasteiger partial charge on any atom is 0.326 e. The third-order valence-electron chi connectivity index (χ3n) is 3.35. The van der Waals surface area contributed by atoms with Crippen LogP contribution in [0, 0.1) is 19.3 Å². The molecule has 0 radical (unpaired) electrons. The number of benzene rings is 1. The van der Waals surface area contributed by atoms with Crippen LogP contribution in [-0.2, 0) is 16.0 Å². The minimum atomic E-state index is -1.01. The lowest BCUT2D eigenvalue weighted by molar-refractivity contribution is -0.144. The van der Waals surface area contributed by atoms with Crippen LogP contribution in [0.3, 0.4) is 0 Å². The highest BCUT2D eigenvalue weighted by Gasteiger charge is 2.32. The molecule has 4 nitrogen and oxygen atoms in total. The molecule has 0 heterocycles. The van der Waals surface area contributed by atoms with Crippen molar-refractivity contribution in [2.45, 2.75) is 47.1 Å². The number of carbonyl (C=O) groups is 2. The number of hydrogen-bond acceptors (Lipinski definition) is 2. The Labute approximate surface area is 120 Å². The Kier molecular flexibility index (Phi) is 4.93. The van der Waals surface area contributed by atoms with E-state index < -0.39 is 17.4 Å². The van der Waals surface area contributed by atoms with Crippen LogP contribution in [0.4, 0.5) is 0 Å². The SMILES string of the molecule is Cc1ccc(CC(=O)N[C@@H](C(=O)O)C(C)(C)C)cc1C. The highest BCUT2D eigenvalue weighted by atomic mass is 16.4. The van der Waals surface area contributed by atoms with Crippen LogP contribution in [0.1, 0.15) is 37.5 Å². The van der Waals surface area contributed by atoms with Gasteiger partial charge in [-0.1, -0.05) is 39.0 Å². The molecular weight excluding hydrogens is 254 g/mol. The number of carboxylic acid groups (broad SMARTS) is 1. The van der Waals surface area contributed by atoms with Crippen molar-refractivity contribution in [3.05, 3.63) is 34.9 Å². The average Bonchev–Trinajstić information content (AvgIpc) is 2.29. The molecule has 0 fully saturated rings. The van der Waals surface area contributed by atoms with Crippen molar-refractivity contribution in [3.63, 3.8) is 0 Å². The molecule has 4 heteroatoms. The highest BCUT2D eigenvalue weighted by molar-refractivity contribution is 5.85. The van der Waals surface area contributed by atoms with Gasteiger partial charge in [-0.2, -0.15) is 0 Å². The fourth-order valence-corrected chi connectivity index (χ4v) is 1.96. The second-order valence-corrected chi connectivity index (χ2v) is 6.30. The van der Waals surface area contributed by atoms with Crippen molar-refractivity contribution >= 4 is 11.9 Å². The number of nitrogens with one attached hydrogen (secondary N) is 1. The predicted octanol–water partition coefficient (Wildman–Crippen LogP) is 2.46. The lowest BCUT2D eigenvalue weighted by Crippen LogP contribution is -2.49. The Hall–Kier alpha value is -1.84. The smallest absolute Gasteiger partial charge is 0.326 e. The summed E-state index contributed by atoms with van der Waals surface area (Å²) in [6, 6.07) is 4.94. The van der Waals surface area contributed by atoms with Crippen LogP contribution < -0.4 is 5.32 Å². The molecular formula is C16H23NO3. The van der Waals surface area contributed by atoms with Gasteiger partial charge in [0, 0.05) is 0 Å². The number of hydrogen-bond donors (Lipinski definition) is 2. The molecule has 1 rings (SSSR count). The number of carboxylic acids is 1. The van der Waals surface area contributed by atoms with E-state index in [1.807, 2.05) is 32.0 Å². The predicted molar refractivity (Wildman–Crippen MR) is 78.6 cm³/mol. The molecule has 2 N–H and O–H groups in total. The molecule has 1 atom stereocenters. The molecule has 20 heavy (non-hydrogen) atoms. The van der Waals surface area contributed by atoms with Gasteiger partial charge in [-0.25, -0.2) is 4.79 Å².